The van der Waals surface area contributed by atoms with Gasteiger partial charge in [-0.2, -0.15) is 4.72 Å². The van der Waals surface area contributed by atoms with E-state index in [0.717, 1.165) is 10.8 Å². The van der Waals surface area contributed by atoms with E-state index >= 15 is 0 Å². The van der Waals surface area contributed by atoms with Gasteiger partial charge in [-0.25, -0.2) is 8.42 Å². The van der Waals surface area contributed by atoms with Crippen LogP contribution in [0, 0.1) is 0 Å². The van der Waals surface area contributed by atoms with Crippen molar-refractivity contribution >= 4 is 32.7 Å². The molecular weight excluding hydrogens is 342 g/mol. The number of carbonyl (C=O) groups excluding carboxylic acids is 1. The van der Waals surface area contributed by atoms with Crippen molar-refractivity contribution in [1.82, 2.24) is 4.72 Å². The van der Waals surface area contributed by atoms with Crippen molar-refractivity contribution in [3.05, 3.63) is 42.5 Å². The molecule has 0 aromatic heterocycles. The molecule has 0 saturated carbocycles. The summed E-state index contributed by atoms with van der Waals surface area (Å²) < 4.78 is 27.4. The Morgan fingerprint density at radius 1 is 1.08 bits per heavy atom. The second kappa shape index (κ2) is 7.95. The van der Waals surface area contributed by atoms with Gasteiger partial charge >= 0.3 is 0 Å². The van der Waals surface area contributed by atoms with E-state index in [2.05, 4.69) is 9.71 Å². The van der Waals surface area contributed by atoms with E-state index < -0.39 is 22.0 Å². The maximum atomic E-state index is 12.5. The molecule has 9 heteroatoms. The lowest BCUT2D eigenvalue weighted by Crippen LogP contribution is -2.44. The van der Waals surface area contributed by atoms with Gasteiger partial charge in [-0.3, -0.25) is 9.79 Å². The molecule has 0 aliphatic heterocycles. The van der Waals surface area contributed by atoms with Crippen LogP contribution < -0.4 is 21.9 Å². The third-order valence-electron chi connectivity index (χ3n) is 3.62. The minimum atomic E-state index is -3.89. The number of nitrogens with two attached hydrogens (primary N) is 3. The molecule has 0 aliphatic carbocycles. The number of fused-ring (bicyclic) bond motifs is 1. The first-order valence-electron chi connectivity index (χ1n) is 7.65. The Morgan fingerprint density at radius 3 is 2.40 bits per heavy atom. The van der Waals surface area contributed by atoms with E-state index in [0.29, 0.717) is 6.42 Å². The van der Waals surface area contributed by atoms with E-state index in [-0.39, 0.29) is 23.8 Å². The first kappa shape index (κ1) is 18.7. The number of nitrogens with one attached hydrogen (secondary N) is 1. The molecule has 0 aliphatic rings. The first-order valence-corrected chi connectivity index (χ1v) is 9.14. The Bertz CT molecular complexity index is 892. The second-order valence-electron chi connectivity index (χ2n) is 5.53. The SMILES string of the molecule is NC(=O)C(CCCN=C(N)N)NS(=O)(=O)c1ccc2ccccc2c1. The Morgan fingerprint density at radius 2 is 1.76 bits per heavy atom. The van der Waals surface area contributed by atoms with E-state index in [1.807, 2.05) is 24.3 Å². The number of hydrogen-bond acceptors (Lipinski definition) is 4. The largest absolute Gasteiger partial charge is 0.370 e. The third kappa shape index (κ3) is 5.16. The van der Waals surface area contributed by atoms with Crippen LogP contribution in [0.2, 0.25) is 0 Å². The van der Waals surface area contributed by atoms with Crippen LogP contribution in [0.25, 0.3) is 10.8 Å². The lowest BCUT2D eigenvalue weighted by molar-refractivity contribution is -0.119. The standard InChI is InChI=1S/C16H21N5O3S/c17-15(22)14(6-3-9-20-16(18)19)21-25(23,24)13-8-7-11-4-1-2-5-12(11)10-13/h1-2,4-5,7-8,10,14,21H,3,6,9H2,(H2,17,22)(H4,18,19,20). The molecule has 134 valence electrons. The van der Waals surface area contributed by atoms with Crippen LogP contribution in [-0.4, -0.2) is 32.9 Å². The number of hydrogen-bond donors (Lipinski definition) is 4. The molecule has 0 radical (unpaired) electrons. The average molecular weight is 363 g/mol. The van der Waals surface area contributed by atoms with Crippen molar-refractivity contribution in [3.63, 3.8) is 0 Å². The highest BCUT2D eigenvalue weighted by Gasteiger charge is 2.23. The molecular formula is C16H21N5O3S. The molecule has 2 rings (SSSR count). The molecule has 0 heterocycles. The summed E-state index contributed by atoms with van der Waals surface area (Å²) in [4.78, 5) is 15.4. The summed E-state index contributed by atoms with van der Waals surface area (Å²) in [6.45, 7) is 0.282. The van der Waals surface area contributed by atoms with E-state index in [9.17, 15) is 13.2 Å². The second-order valence-corrected chi connectivity index (χ2v) is 7.25. The first-order chi connectivity index (χ1) is 11.8. The lowest BCUT2D eigenvalue weighted by atomic mass is 10.1. The van der Waals surface area contributed by atoms with Crippen LogP contribution in [0.1, 0.15) is 12.8 Å². The van der Waals surface area contributed by atoms with E-state index in [1.54, 1.807) is 12.1 Å². The lowest BCUT2D eigenvalue weighted by Gasteiger charge is -2.15. The van der Waals surface area contributed by atoms with Gasteiger partial charge in [-0.05, 0) is 35.7 Å². The van der Waals surface area contributed by atoms with Gasteiger partial charge < -0.3 is 17.2 Å². The van der Waals surface area contributed by atoms with E-state index in [4.69, 9.17) is 17.2 Å². The maximum absolute atomic E-state index is 12.5. The predicted molar refractivity (Wildman–Crippen MR) is 97.2 cm³/mol. The van der Waals surface area contributed by atoms with Crippen molar-refractivity contribution in [2.45, 2.75) is 23.8 Å². The topological polar surface area (TPSA) is 154 Å². The Kier molecular flexibility index (Phi) is 5.94. The highest BCUT2D eigenvalue weighted by molar-refractivity contribution is 7.89. The molecule has 2 aromatic rings. The predicted octanol–water partition coefficient (Wildman–Crippen LogP) is 0.0256. The van der Waals surface area contributed by atoms with Crippen molar-refractivity contribution in [2.24, 2.45) is 22.2 Å². The van der Waals surface area contributed by atoms with Crippen molar-refractivity contribution in [1.29, 1.82) is 0 Å². The number of amides is 1. The zero-order valence-electron chi connectivity index (χ0n) is 13.6. The normalized spacial score (nSPS) is 12.6. The van der Waals surface area contributed by atoms with Gasteiger partial charge in [0.05, 0.1) is 4.90 Å². The fraction of sp³-hybridized carbons (Fsp3) is 0.250. The maximum Gasteiger partial charge on any atom is 0.241 e. The summed E-state index contributed by atoms with van der Waals surface area (Å²) in [7, 11) is -3.89. The fourth-order valence-electron chi connectivity index (χ4n) is 2.35. The highest BCUT2D eigenvalue weighted by Crippen LogP contribution is 2.19. The number of guanidine groups is 1. The molecule has 1 unspecified atom stereocenters. The fourth-order valence-corrected chi connectivity index (χ4v) is 3.63. The smallest absolute Gasteiger partial charge is 0.241 e. The molecule has 2 aromatic carbocycles. The van der Waals surface area contributed by atoms with Gasteiger partial charge in [-0.15, -0.1) is 0 Å². The summed E-state index contributed by atoms with van der Waals surface area (Å²) in [6.07, 6.45) is 0.602. The van der Waals surface area contributed by atoms with Crippen LogP contribution in [0.4, 0.5) is 0 Å². The Balaban J connectivity index is 2.15. The number of primary amides is 1. The van der Waals surface area contributed by atoms with Crippen LogP contribution in [0.3, 0.4) is 0 Å². The van der Waals surface area contributed by atoms with E-state index in [1.165, 1.54) is 6.07 Å². The third-order valence-corrected chi connectivity index (χ3v) is 5.09. The Labute approximate surface area is 146 Å². The number of sulfonamides is 1. The molecule has 0 fully saturated rings. The minimum absolute atomic E-state index is 0.0626. The van der Waals surface area contributed by atoms with Gasteiger partial charge in [0.2, 0.25) is 15.9 Å². The molecule has 0 bridgehead atoms. The van der Waals surface area contributed by atoms with Crippen LogP contribution in [-0.2, 0) is 14.8 Å². The van der Waals surface area contributed by atoms with Crippen LogP contribution in [0.15, 0.2) is 52.4 Å². The summed E-state index contributed by atoms with van der Waals surface area (Å²) >= 11 is 0. The number of aliphatic imine (C=N–C) groups is 1. The quantitative estimate of drug-likeness (QED) is 0.296. The summed E-state index contributed by atoms with van der Waals surface area (Å²) in [5.41, 5.74) is 15.7. The van der Waals surface area contributed by atoms with Gasteiger partial charge in [-0.1, -0.05) is 30.3 Å². The Hall–Kier alpha value is -2.65. The van der Waals surface area contributed by atoms with Crippen molar-refractivity contribution in [3.8, 4) is 0 Å². The van der Waals surface area contributed by atoms with Crippen molar-refractivity contribution in [2.75, 3.05) is 6.54 Å². The molecule has 1 amide bonds. The average Bonchev–Trinajstić information content (AvgIpc) is 2.56. The van der Waals surface area contributed by atoms with Gasteiger partial charge in [0.25, 0.3) is 0 Å². The van der Waals surface area contributed by atoms with Gasteiger partial charge in [0.15, 0.2) is 5.96 Å². The molecule has 8 nitrogen and oxygen atoms in total. The van der Waals surface area contributed by atoms with Crippen molar-refractivity contribution < 1.29 is 13.2 Å². The van der Waals surface area contributed by atoms with Gasteiger partial charge in [0.1, 0.15) is 6.04 Å². The number of carbonyl (C=O) groups is 1. The van der Waals surface area contributed by atoms with Gasteiger partial charge in [0, 0.05) is 6.54 Å². The summed E-state index contributed by atoms with van der Waals surface area (Å²) in [5, 5.41) is 1.71. The highest BCUT2D eigenvalue weighted by atomic mass is 32.2. The molecule has 0 saturated heterocycles. The monoisotopic (exact) mass is 363 g/mol. The molecule has 0 spiro atoms. The molecule has 1 atom stereocenters. The van der Waals surface area contributed by atoms with Crippen LogP contribution >= 0.6 is 0 Å². The number of nitrogens with zero attached hydrogens (tertiary/aromatic N) is 1. The zero-order valence-corrected chi connectivity index (χ0v) is 14.4. The summed E-state index contributed by atoms with van der Waals surface area (Å²) in [6, 6.07) is 11.1. The molecule has 25 heavy (non-hydrogen) atoms. The minimum Gasteiger partial charge on any atom is -0.370 e. The molecule has 7 N–H and O–H groups in total. The van der Waals surface area contributed by atoms with Crippen LogP contribution in [0.5, 0.6) is 0 Å². The number of rotatable bonds is 8. The number of benzene rings is 2. The zero-order chi connectivity index (χ0) is 18.4. The summed E-state index contributed by atoms with van der Waals surface area (Å²) in [5.74, 6) is -0.818.